The first-order valence-electron chi connectivity index (χ1n) is 4.39. The summed E-state index contributed by atoms with van der Waals surface area (Å²) in [6, 6.07) is 0. The van der Waals surface area contributed by atoms with Gasteiger partial charge in [-0.05, 0) is 6.42 Å². The maximum atomic E-state index is 11.2. The number of amides is 1. The Morgan fingerprint density at radius 3 is 2.75 bits per heavy atom. The normalized spacial score (nSPS) is 9.08. The number of carbonyl (C=O) groups excluding carboxylic acids is 1. The van der Waals surface area contributed by atoms with Gasteiger partial charge in [0.15, 0.2) is 0 Å². The van der Waals surface area contributed by atoms with Gasteiger partial charge in [-0.2, -0.15) is 0 Å². The van der Waals surface area contributed by atoms with Crippen molar-refractivity contribution in [2.24, 2.45) is 0 Å². The summed E-state index contributed by atoms with van der Waals surface area (Å²) in [5.41, 5.74) is 0. The molecule has 0 aliphatic heterocycles. The highest BCUT2D eigenvalue weighted by Gasteiger charge is 2.05. The van der Waals surface area contributed by atoms with Gasteiger partial charge in [0.2, 0.25) is 5.91 Å². The molecular formula is C10H17NO. The summed E-state index contributed by atoms with van der Waals surface area (Å²) in [6.45, 7) is 2.96. The molecule has 0 saturated carbocycles. The van der Waals surface area contributed by atoms with Crippen LogP contribution in [0.5, 0.6) is 0 Å². The van der Waals surface area contributed by atoms with Crippen LogP contribution in [-0.4, -0.2) is 24.4 Å². The van der Waals surface area contributed by atoms with E-state index in [1.54, 1.807) is 4.90 Å². The van der Waals surface area contributed by atoms with E-state index in [9.17, 15) is 4.79 Å². The summed E-state index contributed by atoms with van der Waals surface area (Å²) in [5, 5.41) is 0. The van der Waals surface area contributed by atoms with Crippen LogP contribution in [0, 0.1) is 12.3 Å². The molecule has 1 amide bonds. The largest absolute Gasteiger partial charge is 0.346 e. The van der Waals surface area contributed by atoms with Gasteiger partial charge in [-0.25, -0.2) is 0 Å². The van der Waals surface area contributed by atoms with Crippen molar-refractivity contribution in [3.63, 3.8) is 0 Å². The number of nitrogens with zero attached hydrogens (tertiary/aromatic N) is 1. The van der Waals surface area contributed by atoms with E-state index >= 15 is 0 Å². The van der Waals surface area contributed by atoms with Gasteiger partial charge in [0, 0.05) is 26.4 Å². The standard InChI is InChI=1S/C10H17NO/c1-4-6-8-10(12)11(3)9-7-5-2/h1H,5-9H2,2-3H3. The molecule has 0 radical (unpaired) electrons. The maximum absolute atomic E-state index is 11.2. The molecule has 2 nitrogen and oxygen atoms in total. The summed E-state index contributed by atoms with van der Waals surface area (Å²) in [5.74, 6) is 2.62. The van der Waals surface area contributed by atoms with Crippen LogP contribution in [0.1, 0.15) is 32.6 Å². The van der Waals surface area contributed by atoms with Crippen LogP contribution in [0.4, 0.5) is 0 Å². The van der Waals surface area contributed by atoms with Crippen molar-refractivity contribution in [3.8, 4) is 12.3 Å². The number of terminal acetylenes is 1. The second-order valence-corrected chi connectivity index (χ2v) is 2.87. The predicted molar refractivity (Wildman–Crippen MR) is 50.6 cm³/mol. The van der Waals surface area contributed by atoms with Crippen molar-refractivity contribution < 1.29 is 4.79 Å². The van der Waals surface area contributed by atoms with E-state index in [1.165, 1.54) is 0 Å². The Labute approximate surface area is 74.9 Å². The molecule has 0 aliphatic carbocycles. The van der Waals surface area contributed by atoms with E-state index in [4.69, 9.17) is 6.42 Å². The molecule has 0 N–H and O–H groups in total. The van der Waals surface area contributed by atoms with Gasteiger partial charge < -0.3 is 4.90 Å². The number of hydrogen-bond acceptors (Lipinski definition) is 1. The van der Waals surface area contributed by atoms with E-state index in [-0.39, 0.29) is 5.91 Å². The van der Waals surface area contributed by atoms with Crippen LogP contribution in [0.3, 0.4) is 0 Å². The van der Waals surface area contributed by atoms with Crippen LogP contribution in [0.2, 0.25) is 0 Å². The molecule has 0 atom stereocenters. The lowest BCUT2D eigenvalue weighted by molar-refractivity contribution is -0.129. The highest BCUT2D eigenvalue weighted by molar-refractivity contribution is 5.76. The van der Waals surface area contributed by atoms with E-state index in [0.717, 1.165) is 19.4 Å². The molecule has 0 aromatic heterocycles. The number of carbonyl (C=O) groups is 1. The summed E-state index contributed by atoms with van der Waals surface area (Å²) in [4.78, 5) is 13.0. The first-order chi connectivity index (χ1) is 5.72. The zero-order chi connectivity index (χ0) is 9.40. The topological polar surface area (TPSA) is 20.3 Å². The highest BCUT2D eigenvalue weighted by atomic mass is 16.2. The van der Waals surface area contributed by atoms with Crippen LogP contribution in [-0.2, 0) is 4.79 Å². The molecule has 0 heterocycles. The maximum Gasteiger partial charge on any atom is 0.223 e. The molecule has 2 heteroatoms. The van der Waals surface area contributed by atoms with Crippen LogP contribution in [0.25, 0.3) is 0 Å². The van der Waals surface area contributed by atoms with Gasteiger partial charge >= 0.3 is 0 Å². The third-order valence-electron chi connectivity index (χ3n) is 1.76. The summed E-state index contributed by atoms with van der Waals surface area (Å²) in [7, 11) is 1.83. The predicted octanol–water partition coefficient (Wildman–Crippen LogP) is 1.66. The fourth-order valence-electron chi connectivity index (χ4n) is 0.890. The smallest absolute Gasteiger partial charge is 0.223 e. The zero-order valence-corrected chi connectivity index (χ0v) is 7.97. The minimum atomic E-state index is 0.154. The SMILES string of the molecule is C#CCCC(=O)N(C)CCCC. The molecule has 0 rings (SSSR count). The van der Waals surface area contributed by atoms with Crippen molar-refractivity contribution in [2.75, 3.05) is 13.6 Å². The Bertz CT molecular complexity index is 169. The lowest BCUT2D eigenvalue weighted by atomic mass is 10.2. The van der Waals surface area contributed by atoms with Crippen molar-refractivity contribution in [1.29, 1.82) is 0 Å². The molecule has 0 aromatic carbocycles. The average molecular weight is 167 g/mol. The molecule has 0 fully saturated rings. The molecule has 12 heavy (non-hydrogen) atoms. The van der Waals surface area contributed by atoms with Gasteiger partial charge in [-0.3, -0.25) is 4.79 Å². The third kappa shape index (κ3) is 4.79. The van der Waals surface area contributed by atoms with Crippen LogP contribution >= 0.6 is 0 Å². The molecule has 0 spiro atoms. The van der Waals surface area contributed by atoms with E-state index in [0.29, 0.717) is 12.8 Å². The third-order valence-corrected chi connectivity index (χ3v) is 1.76. The Morgan fingerprint density at radius 1 is 1.58 bits per heavy atom. The minimum Gasteiger partial charge on any atom is -0.346 e. The molecule has 0 aromatic rings. The quantitative estimate of drug-likeness (QED) is 0.570. The van der Waals surface area contributed by atoms with Crippen molar-refractivity contribution >= 4 is 5.91 Å². The Balaban J connectivity index is 3.55. The number of rotatable bonds is 5. The molecule has 0 aliphatic rings. The van der Waals surface area contributed by atoms with Gasteiger partial charge in [0.05, 0.1) is 0 Å². The summed E-state index contributed by atoms with van der Waals surface area (Å²) >= 11 is 0. The lowest BCUT2D eigenvalue weighted by Gasteiger charge is -2.15. The second-order valence-electron chi connectivity index (χ2n) is 2.87. The number of unbranched alkanes of at least 4 members (excludes halogenated alkanes) is 1. The Kier molecular flexibility index (Phi) is 6.18. The second kappa shape index (κ2) is 6.72. The highest BCUT2D eigenvalue weighted by Crippen LogP contribution is 1.97. The van der Waals surface area contributed by atoms with Gasteiger partial charge in [0.1, 0.15) is 0 Å². The van der Waals surface area contributed by atoms with Crippen molar-refractivity contribution in [2.45, 2.75) is 32.6 Å². The summed E-state index contributed by atoms with van der Waals surface area (Å²) in [6.07, 6.45) is 8.28. The molecule has 68 valence electrons. The molecule has 0 bridgehead atoms. The molecule has 0 unspecified atom stereocenters. The van der Waals surface area contributed by atoms with Gasteiger partial charge in [0.25, 0.3) is 0 Å². The molecular weight excluding hydrogens is 150 g/mol. The fourth-order valence-corrected chi connectivity index (χ4v) is 0.890. The van der Waals surface area contributed by atoms with E-state index in [1.807, 2.05) is 7.05 Å². The van der Waals surface area contributed by atoms with E-state index < -0.39 is 0 Å². The summed E-state index contributed by atoms with van der Waals surface area (Å²) < 4.78 is 0. The fraction of sp³-hybridized carbons (Fsp3) is 0.700. The molecule has 0 saturated heterocycles. The Morgan fingerprint density at radius 2 is 2.25 bits per heavy atom. The van der Waals surface area contributed by atoms with Crippen molar-refractivity contribution in [1.82, 2.24) is 4.90 Å². The van der Waals surface area contributed by atoms with Crippen LogP contribution in [0.15, 0.2) is 0 Å². The first kappa shape index (κ1) is 11.0. The van der Waals surface area contributed by atoms with E-state index in [2.05, 4.69) is 12.8 Å². The first-order valence-corrected chi connectivity index (χ1v) is 4.39. The number of hydrogen-bond donors (Lipinski definition) is 0. The van der Waals surface area contributed by atoms with Crippen LogP contribution < -0.4 is 0 Å². The average Bonchev–Trinajstić information content (AvgIpc) is 2.10. The van der Waals surface area contributed by atoms with Crippen molar-refractivity contribution in [3.05, 3.63) is 0 Å². The van der Waals surface area contributed by atoms with Gasteiger partial charge in [-0.1, -0.05) is 13.3 Å². The van der Waals surface area contributed by atoms with Gasteiger partial charge in [-0.15, -0.1) is 12.3 Å². The minimum absolute atomic E-state index is 0.154. The zero-order valence-electron chi connectivity index (χ0n) is 7.97. The lowest BCUT2D eigenvalue weighted by Crippen LogP contribution is -2.27. The monoisotopic (exact) mass is 167 g/mol. The Hall–Kier alpha value is -0.970.